The summed E-state index contributed by atoms with van der Waals surface area (Å²) in [5.41, 5.74) is 5.51. The lowest BCUT2D eigenvalue weighted by atomic mass is 10.2. The highest BCUT2D eigenvalue weighted by atomic mass is 79.9. The topological polar surface area (TPSA) is 75.9 Å². The van der Waals surface area contributed by atoms with E-state index in [1.165, 1.54) is 0 Å². The number of hydrogen-bond donors (Lipinski definition) is 3. The maximum Gasteiger partial charge on any atom is 0.239 e. The van der Waals surface area contributed by atoms with Gasteiger partial charge in [-0.05, 0) is 37.6 Å². The fourth-order valence-electron chi connectivity index (χ4n) is 1.58. The van der Waals surface area contributed by atoms with E-state index in [1.807, 2.05) is 32.0 Å². The van der Waals surface area contributed by atoms with E-state index in [2.05, 4.69) is 36.6 Å². The number of nitrogens with zero attached hydrogens (tertiary/aromatic N) is 2. The van der Waals surface area contributed by atoms with Crippen molar-refractivity contribution in [2.45, 2.75) is 13.8 Å². The zero-order chi connectivity index (χ0) is 13.1. The van der Waals surface area contributed by atoms with Gasteiger partial charge in [0.1, 0.15) is 5.82 Å². The number of hydrogen-bond acceptors (Lipinski definition) is 5. The molecule has 0 aliphatic rings. The molecule has 0 aliphatic heterocycles. The summed E-state index contributed by atoms with van der Waals surface area (Å²) in [5.74, 6) is 6.42. The molecule has 94 valence electrons. The molecule has 2 aromatic rings. The molecular formula is C12H14BrN5. The van der Waals surface area contributed by atoms with Gasteiger partial charge in [-0.25, -0.2) is 10.8 Å². The second-order valence-electron chi connectivity index (χ2n) is 4.01. The fourth-order valence-corrected chi connectivity index (χ4v) is 2.19. The van der Waals surface area contributed by atoms with Crippen LogP contribution in [0, 0.1) is 13.8 Å². The van der Waals surface area contributed by atoms with E-state index in [0.717, 1.165) is 27.1 Å². The second-order valence-corrected chi connectivity index (χ2v) is 4.93. The number of halogens is 1. The first-order chi connectivity index (χ1) is 8.58. The van der Waals surface area contributed by atoms with Gasteiger partial charge in [0, 0.05) is 21.9 Å². The maximum absolute atomic E-state index is 5.30. The summed E-state index contributed by atoms with van der Waals surface area (Å²) in [6, 6.07) is 6.08. The summed E-state index contributed by atoms with van der Waals surface area (Å²) in [6.07, 6.45) is 1.72. The predicted molar refractivity (Wildman–Crippen MR) is 76.7 cm³/mol. The summed E-state index contributed by atoms with van der Waals surface area (Å²) in [6.45, 7) is 3.98. The number of aryl methyl sites for hydroxylation is 2. The van der Waals surface area contributed by atoms with Crippen LogP contribution in [0.25, 0.3) is 0 Å². The van der Waals surface area contributed by atoms with Crippen molar-refractivity contribution >= 4 is 33.4 Å². The third-order valence-corrected chi connectivity index (χ3v) is 2.86. The molecule has 0 amide bonds. The zero-order valence-corrected chi connectivity index (χ0v) is 11.7. The van der Waals surface area contributed by atoms with Crippen molar-refractivity contribution < 1.29 is 0 Å². The van der Waals surface area contributed by atoms with Gasteiger partial charge in [-0.2, -0.15) is 4.98 Å². The van der Waals surface area contributed by atoms with Crippen LogP contribution in [0.5, 0.6) is 0 Å². The molecule has 18 heavy (non-hydrogen) atoms. The Bertz CT molecular complexity index is 550. The molecule has 0 fully saturated rings. The summed E-state index contributed by atoms with van der Waals surface area (Å²) in [4.78, 5) is 8.31. The Kier molecular flexibility index (Phi) is 3.78. The third kappa shape index (κ3) is 2.96. The Morgan fingerprint density at radius 2 is 2.00 bits per heavy atom. The van der Waals surface area contributed by atoms with Crippen LogP contribution in [0.1, 0.15) is 11.1 Å². The fraction of sp³-hybridized carbons (Fsp3) is 0.167. The first-order valence-electron chi connectivity index (χ1n) is 5.43. The van der Waals surface area contributed by atoms with Crippen LogP contribution in [0.15, 0.2) is 28.9 Å². The number of benzene rings is 1. The number of nitrogens with two attached hydrogens (primary N) is 1. The molecule has 6 heteroatoms. The van der Waals surface area contributed by atoms with E-state index < -0.39 is 0 Å². The Morgan fingerprint density at radius 1 is 1.22 bits per heavy atom. The quantitative estimate of drug-likeness (QED) is 0.600. The van der Waals surface area contributed by atoms with E-state index >= 15 is 0 Å². The SMILES string of the molecule is Cc1cc(Br)cc(Nc2nc(NN)ncc2C)c1. The van der Waals surface area contributed by atoms with Crippen molar-refractivity contribution in [2.24, 2.45) is 5.84 Å². The molecule has 1 heterocycles. The molecule has 2 rings (SSSR count). The summed E-state index contributed by atoms with van der Waals surface area (Å²) in [5, 5.41) is 3.25. The highest BCUT2D eigenvalue weighted by Gasteiger charge is 2.04. The average molecular weight is 308 g/mol. The van der Waals surface area contributed by atoms with Gasteiger partial charge in [-0.3, -0.25) is 5.43 Å². The van der Waals surface area contributed by atoms with Crippen molar-refractivity contribution in [3.63, 3.8) is 0 Å². The lowest BCUT2D eigenvalue weighted by molar-refractivity contribution is 1.09. The van der Waals surface area contributed by atoms with Crippen LogP contribution in [0.4, 0.5) is 17.5 Å². The minimum atomic E-state index is 0.384. The molecule has 0 radical (unpaired) electrons. The average Bonchev–Trinajstić information content (AvgIpc) is 2.30. The summed E-state index contributed by atoms with van der Waals surface area (Å²) >= 11 is 3.47. The largest absolute Gasteiger partial charge is 0.340 e. The van der Waals surface area contributed by atoms with Gasteiger partial charge >= 0.3 is 0 Å². The van der Waals surface area contributed by atoms with Crippen LogP contribution < -0.4 is 16.6 Å². The zero-order valence-electron chi connectivity index (χ0n) is 10.2. The van der Waals surface area contributed by atoms with Gasteiger partial charge in [0.25, 0.3) is 0 Å². The van der Waals surface area contributed by atoms with Crippen molar-refractivity contribution in [3.05, 3.63) is 40.0 Å². The van der Waals surface area contributed by atoms with Crippen LogP contribution >= 0.6 is 15.9 Å². The predicted octanol–water partition coefficient (Wildman–Crippen LogP) is 2.89. The van der Waals surface area contributed by atoms with Crippen molar-refractivity contribution in [3.8, 4) is 0 Å². The summed E-state index contributed by atoms with van der Waals surface area (Å²) in [7, 11) is 0. The lowest BCUT2D eigenvalue weighted by Crippen LogP contribution is -2.11. The molecule has 4 N–H and O–H groups in total. The number of rotatable bonds is 3. The monoisotopic (exact) mass is 307 g/mol. The standard InChI is InChI=1S/C12H14BrN5/c1-7-3-9(13)5-10(4-7)16-11-8(2)6-15-12(17-11)18-14/h3-6H,14H2,1-2H3,(H2,15,16,17,18). The number of anilines is 3. The van der Waals surface area contributed by atoms with E-state index in [0.29, 0.717) is 5.95 Å². The van der Waals surface area contributed by atoms with Crippen LogP contribution in [0.3, 0.4) is 0 Å². The van der Waals surface area contributed by atoms with Gasteiger partial charge in [0.2, 0.25) is 5.95 Å². The number of aromatic nitrogens is 2. The summed E-state index contributed by atoms with van der Waals surface area (Å²) < 4.78 is 1.02. The van der Waals surface area contributed by atoms with Crippen LogP contribution in [-0.4, -0.2) is 9.97 Å². The first-order valence-corrected chi connectivity index (χ1v) is 6.22. The Hall–Kier alpha value is -1.66. The van der Waals surface area contributed by atoms with Gasteiger partial charge in [-0.1, -0.05) is 15.9 Å². The normalized spacial score (nSPS) is 10.2. The smallest absolute Gasteiger partial charge is 0.239 e. The van der Waals surface area contributed by atoms with Crippen LogP contribution in [0.2, 0.25) is 0 Å². The minimum absolute atomic E-state index is 0.384. The first kappa shape index (κ1) is 12.8. The van der Waals surface area contributed by atoms with Crippen molar-refractivity contribution in [1.29, 1.82) is 0 Å². The molecule has 0 saturated heterocycles. The molecule has 0 unspecified atom stereocenters. The highest BCUT2D eigenvalue weighted by Crippen LogP contribution is 2.23. The molecule has 5 nitrogen and oxygen atoms in total. The lowest BCUT2D eigenvalue weighted by Gasteiger charge is -2.10. The number of hydrazine groups is 1. The molecule has 1 aromatic carbocycles. The van der Waals surface area contributed by atoms with E-state index in [-0.39, 0.29) is 0 Å². The van der Waals surface area contributed by atoms with Crippen LogP contribution in [-0.2, 0) is 0 Å². The van der Waals surface area contributed by atoms with E-state index in [9.17, 15) is 0 Å². The Balaban J connectivity index is 2.33. The van der Waals surface area contributed by atoms with E-state index in [4.69, 9.17) is 5.84 Å². The molecular weight excluding hydrogens is 294 g/mol. The Labute approximate surface area is 114 Å². The number of nitrogens with one attached hydrogen (secondary N) is 2. The molecule has 0 bridgehead atoms. The minimum Gasteiger partial charge on any atom is -0.340 e. The number of nitrogen functional groups attached to an aromatic ring is 1. The van der Waals surface area contributed by atoms with Gasteiger partial charge in [0.15, 0.2) is 0 Å². The molecule has 1 aromatic heterocycles. The highest BCUT2D eigenvalue weighted by molar-refractivity contribution is 9.10. The van der Waals surface area contributed by atoms with Gasteiger partial charge < -0.3 is 5.32 Å². The van der Waals surface area contributed by atoms with Gasteiger partial charge in [-0.15, -0.1) is 0 Å². The Morgan fingerprint density at radius 3 is 2.67 bits per heavy atom. The molecule has 0 saturated carbocycles. The molecule has 0 aliphatic carbocycles. The second kappa shape index (κ2) is 5.32. The maximum atomic E-state index is 5.30. The van der Waals surface area contributed by atoms with Crippen molar-refractivity contribution in [2.75, 3.05) is 10.7 Å². The third-order valence-electron chi connectivity index (χ3n) is 2.41. The van der Waals surface area contributed by atoms with E-state index in [1.54, 1.807) is 6.20 Å². The molecule has 0 atom stereocenters. The van der Waals surface area contributed by atoms with Crippen molar-refractivity contribution in [1.82, 2.24) is 9.97 Å². The molecule has 0 spiro atoms. The van der Waals surface area contributed by atoms with Gasteiger partial charge in [0.05, 0.1) is 0 Å².